The zero-order chi connectivity index (χ0) is 23.1. The summed E-state index contributed by atoms with van der Waals surface area (Å²) in [5, 5.41) is 5.72. The second-order valence-electron chi connectivity index (χ2n) is 7.71. The second kappa shape index (κ2) is 10.3. The number of halogens is 3. The topological polar surface area (TPSA) is 59.1 Å². The van der Waals surface area contributed by atoms with Crippen LogP contribution in [0.5, 0.6) is 5.75 Å². The number of benzene rings is 2. The molecule has 2 N–H and O–H groups in total. The van der Waals surface area contributed by atoms with Crippen molar-refractivity contribution in [2.75, 3.05) is 17.2 Å². The van der Waals surface area contributed by atoms with Gasteiger partial charge in [-0.1, -0.05) is 39.3 Å². The van der Waals surface area contributed by atoms with Crippen LogP contribution < -0.4 is 15.4 Å². The first-order valence-corrected chi connectivity index (χ1v) is 10.6. The van der Waals surface area contributed by atoms with E-state index in [1.807, 2.05) is 12.1 Å². The summed E-state index contributed by atoms with van der Waals surface area (Å²) in [5.41, 5.74) is 1.31. The van der Waals surface area contributed by atoms with Crippen LogP contribution in [0.15, 0.2) is 54.7 Å². The van der Waals surface area contributed by atoms with E-state index in [0.29, 0.717) is 23.9 Å². The van der Waals surface area contributed by atoms with Gasteiger partial charge in [0.15, 0.2) is 0 Å². The number of nitrogens with zero attached hydrogens (tertiary/aromatic N) is 2. The Labute approximate surface area is 186 Å². The number of hydrogen-bond donors (Lipinski definition) is 2. The van der Waals surface area contributed by atoms with E-state index < -0.39 is 11.7 Å². The van der Waals surface area contributed by atoms with E-state index in [1.54, 1.807) is 36.4 Å². The van der Waals surface area contributed by atoms with Gasteiger partial charge in [-0.3, -0.25) is 0 Å². The summed E-state index contributed by atoms with van der Waals surface area (Å²) >= 11 is 0. The molecule has 0 unspecified atom stereocenters. The summed E-state index contributed by atoms with van der Waals surface area (Å²) < 4.78 is 46.1. The molecule has 0 bridgehead atoms. The highest BCUT2D eigenvalue weighted by molar-refractivity contribution is 5.63. The Balaban J connectivity index is 1.79. The third kappa shape index (κ3) is 6.35. The third-order valence-corrected chi connectivity index (χ3v) is 4.81. The molecule has 0 amide bonds. The lowest BCUT2D eigenvalue weighted by Gasteiger charge is -2.15. The molecule has 1 heterocycles. The zero-order valence-electron chi connectivity index (χ0n) is 18.3. The monoisotopic (exact) mass is 444 g/mol. The van der Waals surface area contributed by atoms with Gasteiger partial charge in [0.2, 0.25) is 5.95 Å². The van der Waals surface area contributed by atoms with E-state index >= 15 is 0 Å². The van der Waals surface area contributed by atoms with Crippen molar-refractivity contribution < 1.29 is 17.9 Å². The molecule has 0 saturated carbocycles. The molecule has 0 aliphatic carbocycles. The first-order chi connectivity index (χ1) is 15.3. The highest BCUT2D eigenvalue weighted by Gasteiger charge is 2.35. The van der Waals surface area contributed by atoms with E-state index in [1.165, 1.54) is 0 Å². The van der Waals surface area contributed by atoms with Crippen molar-refractivity contribution in [2.45, 2.75) is 45.7 Å². The second-order valence-corrected chi connectivity index (χ2v) is 7.71. The van der Waals surface area contributed by atoms with Crippen LogP contribution in [0.4, 0.5) is 36.3 Å². The Morgan fingerprint density at radius 3 is 2.16 bits per heavy atom. The van der Waals surface area contributed by atoms with Gasteiger partial charge in [-0.05, 0) is 54.3 Å². The van der Waals surface area contributed by atoms with Crippen LogP contribution in [0, 0.1) is 0 Å². The lowest BCUT2D eigenvalue weighted by molar-refractivity contribution is -0.137. The molecule has 0 radical (unpaired) electrons. The van der Waals surface area contributed by atoms with Gasteiger partial charge < -0.3 is 15.4 Å². The van der Waals surface area contributed by atoms with Gasteiger partial charge in [0.05, 0.1) is 6.61 Å². The summed E-state index contributed by atoms with van der Waals surface area (Å²) in [4.78, 5) is 7.94. The standard InChI is InChI=1S/C24H27F3N4O/c1-4-5-14-32-20-12-10-19(11-13-20)30-23-28-15-21(24(25,26)27)22(31-23)29-18-8-6-17(7-9-18)16(2)3/h6-13,15-16H,4-5,14H2,1-3H3,(H2,28,29,30,31). The van der Waals surface area contributed by atoms with Crippen molar-refractivity contribution in [1.82, 2.24) is 9.97 Å². The Morgan fingerprint density at radius 2 is 1.56 bits per heavy atom. The molecule has 1 aromatic heterocycles. The van der Waals surface area contributed by atoms with E-state index in [-0.39, 0.29) is 11.8 Å². The minimum absolute atomic E-state index is 0.0546. The molecule has 170 valence electrons. The molecule has 32 heavy (non-hydrogen) atoms. The Hall–Kier alpha value is -3.29. The van der Waals surface area contributed by atoms with E-state index in [9.17, 15) is 13.2 Å². The Kier molecular flexibility index (Phi) is 7.56. The number of aromatic nitrogens is 2. The van der Waals surface area contributed by atoms with Gasteiger partial charge in [0, 0.05) is 17.6 Å². The summed E-state index contributed by atoms with van der Waals surface area (Å²) in [6, 6.07) is 14.3. The quantitative estimate of drug-likeness (QED) is 0.340. The summed E-state index contributed by atoms with van der Waals surface area (Å²) in [6.45, 7) is 6.83. The van der Waals surface area contributed by atoms with Crippen molar-refractivity contribution in [3.05, 3.63) is 65.9 Å². The first kappa shape index (κ1) is 23.4. The van der Waals surface area contributed by atoms with E-state index in [4.69, 9.17) is 4.74 Å². The largest absolute Gasteiger partial charge is 0.494 e. The SMILES string of the molecule is CCCCOc1ccc(Nc2ncc(C(F)(F)F)c(Nc3ccc(C(C)C)cc3)n2)cc1. The van der Waals surface area contributed by atoms with Gasteiger partial charge in [-0.2, -0.15) is 18.2 Å². The molecule has 5 nitrogen and oxygen atoms in total. The van der Waals surface area contributed by atoms with Gasteiger partial charge >= 0.3 is 6.18 Å². The Bertz CT molecular complexity index is 1000. The fourth-order valence-electron chi connectivity index (χ4n) is 2.93. The number of unbranched alkanes of at least 4 members (excludes halogenated alkanes) is 1. The Morgan fingerprint density at radius 1 is 0.938 bits per heavy atom. The van der Waals surface area contributed by atoms with Crippen LogP contribution in [0.3, 0.4) is 0 Å². The molecule has 0 atom stereocenters. The lowest BCUT2D eigenvalue weighted by atomic mass is 10.0. The van der Waals surface area contributed by atoms with Crippen molar-refractivity contribution >= 4 is 23.1 Å². The lowest BCUT2D eigenvalue weighted by Crippen LogP contribution is -2.12. The predicted molar refractivity (Wildman–Crippen MR) is 121 cm³/mol. The molecule has 0 spiro atoms. The normalized spacial score (nSPS) is 11.5. The van der Waals surface area contributed by atoms with Crippen molar-refractivity contribution in [1.29, 1.82) is 0 Å². The van der Waals surface area contributed by atoms with Crippen molar-refractivity contribution in [3.63, 3.8) is 0 Å². The van der Waals surface area contributed by atoms with E-state index in [2.05, 4.69) is 41.4 Å². The van der Waals surface area contributed by atoms with Crippen LogP contribution in [0.25, 0.3) is 0 Å². The highest BCUT2D eigenvalue weighted by atomic mass is 19.4. The number of anilines is 4. The average Bonchev–Trinajstić information content (AvgIpc) is 2.75. The molecule has 3 aromatic rings. The molecule has 0 aliphatic rings. The van der Waals surface area contributed by atoms with Crippen molar-refractivity contribution in [2.24, 2.45) is 0 Å². The molecule has 2 aromatic carbocycles. The number of hydrogen-bond acceptors (Lipinski definition) is 5. The summed E-state index contributed by atoms with van der Waals surface area (Å²) in [6.07, 6.45) is -1.79. The molecular weight excluding hydrogens is 417 g/mol. The number of alkyl halides is 3. The summed E-state index contributed by atoms with van der Waals surface area (Å²) in [7, 11) is 0. The fraction of sp³-hybridized carbons (Fsp3) is 0.333. The van der Waals surface area contributed by atoms with Gasteiger partial charge in [0.25, 0.3) is 0 Å². The van der Waals surface area contributed by atoms with Crippen LogP contribution in [-0.4, -0.2) is 16.6 Å². The number of nitrogens with one attached hydrogen (secondary N) is 2. The molecule has 0 aliphatic heterocycles. The van der Waals surface area contributed by atoms with Gasteiger partial charge in [-0.25, -0.2) is 4.98 Å². The third-order valence-electron chi connectivity index (χ3n) is 4.81. The highest BCUT2D eigenvalue weighted by Crippen LogP contribution is 2.35. The van der Waals surface area contributed by atoms with Gasteiger partial charge in [-0.15, -0.1) is 0 Å². The van der Waals surface area contributed by atoms with Crippen LogP contribution >= 0.6 is 0 Å². The smallest absolute Gasteiger partial charge is 0.421 e. The average molecular weight is 445 g/mol. The molecular formula is C24H27F3N4O. The summed E-state index contributed by atoms with van der Waals surface area (Å²) in [5.74, 6) is 0.795. The van der Waals surface area contributed by atoms with Crippen molar-refractivity contribution in [3.8, 4) is 5.75 Å². The minimum Gasteiger partial charge on any atom is -0.494 e. The molecule has 0 saturated heterocycles. The minimum atomic E-state index is -4.59. The zero-order valence-corrected chi connectivity index (χ0v) is 18.3. The number of rotatable bonds is 9. The maximum absolute atomic E-state index is 13.5. The van der Waals surface area contributed by atoms with Gasteiger partial charge in [0.1, 0.15) is 17.1 Å². The first-order valence-electron chi connectivity index (χ1n) is 10.6. The maximum Gasteiger partial charge on any atom is 0.421 e. The predicted octanol–water partition coefficient (Wildman–Crippen LogP) is 7.28. The fourth-order valence-corrected chi connectivity index (χ4v) is 2.93. The van der Waals surface area contributed by atoms with Crippen LogP contribution in [-0.2, 0) is 6.18 Å². The maximum atomic E-state index is 13.5. The molecule has 8 heteroatoms. The molecule has 0 fully saturated rings. The number of ether oxygens (including phenoxy) is 1. The van der Waals surface area contributed by atoms with Crippen LogP contribution in [0.2, 0.25) is 0 Å². The molecule has 3 rings (SSSR count). The van der Waals surface area contributed by atoms with E-state index in [0.717, 1.165) is 30.4 Å². The van der Waals surface area contributed by atoms with Crippen LogP contribution in [0.1, 0.15) is 50.7 Å².